The quantitative estimate of drug-likeness (QED) is 0.431. The second-order valence-electron chi connectivity index (χ2n) is 10.4. The van der Waals surface area contributed by atoms with E-state index in [1.807, 2.05) is 45.9 Å². The molecule has 0 aromatic heterocycles. The second kappa shape index (κ2) is 13.4. The lowest BCUT2D eigenvalue weighted by Crippen LogP contribution is -2.52. The van der Waals surface area contributed by atoms with Gasteiger partial charge in [-0.25, -0.2) is 4.79 Å². The smallest absolute Gasteiger partial charge is 0.408 e. The summed E-state index contributed by atoms with van der Waals surface area (Å²) in [5.74, 6) is -0.543. The number of carbonyl (C=O) groups excluding carboxylic acids is 3. The van der Waals surface area contributed by atoms with Crippen molar-refractivity contribution in [2.45, 2.75) is 112 Å². The molecule has 7 heteroatoms. The van der Waals surface area contributed by atoms with Crippen molar-refractivity contribution in [1.82, 2.24) is 15.5 Å². The van der Waals surface area contributed by atoms with E-state index in [2.05, 4.69) is 17.6 Å². The third-order valence-corrected chi connectivity index (χ3v) is 5.19. The van der Waals surface area contributed by atoms with Gasteiger partial charge in [0.2, 0.25) is 11.8 Å². The number of ether oxygens (including phenoxy) is 1. The minimum Gasteiger partial charge on any atom is -0.444 e. The average molecular weight is 476 g/mol. The highest BCUT2D eigenvalue weighted by atomic mass is 16.6. The molecular weight excluding hydrogens is 430 g/mol. The monoisotopic (exact) mass is 475 g/mol. The number of rotatable bonds is 11. The van der Waals surface area contributed by atoms with Crippen molar-refractivity contribution in [3.05, 3.63) is 34.9 Å². The van der Waals surface area contributed by atoms with Gasteiger partial charge in [-0.3, -0.25) is 9.59 Å². The number of nitrogens with one attached hydrogen (secondary N) is 2. The molecule has 0 radical (unpaired) electrons. The SMILES string of the molecule is CCCCCCN(C(=O)C(C)NC(=O)OC(C)(C)C)C(C(=O)NC(C)C)c1cc(C)cc(C)c1. The highest BCUT2D eigenvalue weighted by molar-refractivity contribution is 5.92. The molecule has 7 nitrogen and oxygen atoms in total. The van der Waals surface area contributed by atoms with Gasteiger partial charge in [0.25, 0.3) is 0 Å². The standard InChI is InChI=1S/C27H45N3O4/c1-10-11-12-13-14-30(25(32)21(6)29-26(33)34-27(7,8)9)23(24(31)28-18(2)3)22-16-19(4)15-20(5)17-22/h15-18,21,23H,10-14H2,1-9H3,(H,28,31)(H,29,33). The number of nitrogens with zero attached hydrogens (tertiary/aromatic N) is 1. The maximum atomic E-state index is 13.7. The van der Waals surface area contributed by atoms with Crippen molar-refractivity contribution in [1.29, 1.82) is 0 Å². The van der Waals surface area contributed by atoms with E-state index in [-0.39, 0.29) is 17.9 Å². The zero-order valence-electron chi connectivity index (χ0n) is 22.6. The van der Waals surface area contributed by atoms with Crippen LogP contribution in [0, 0.1) is 13.8 Å². The minimum absolute atomic E-state index is 0.0738. The fraction of sp³-hybridized carbons (Fsp3) is 0.667. The average Bonchev–Trinajstić information content (AvgIpc) is 2.66. The van der Waals surface area contributed by atoms with Crippen LogP contribution in [0.5, 0.6) is 0 Å². The number of alkyl carbamates (subject to hydrolysis) is 1. The highest BCUT2D eigenvalue weighted by Crippen LogP contribution is 2.26. The zero-order chi connectivity index (χ0) is 26.1. The van der Waals surface area contributed by atoms with Crippen LogP contribution in [0.15, 0.2) is 18.2 Å². The lowest BCUT2D eigenvalue weighted by molar-refractivity contribution is -0.142. The first-order valence-electron chi connectivity index (χ1n) is 12.4. The Labute approximate surface area is 206 Å². The van der Waals surface area contributed by atoms with Crippen LogP contribution in [-0.4, -0.2) is 47.0 Å². The van der Waals surface area contributed by atoms with Crippen molar-refractivity contribution in [3.8, 4) is 0 Å². The molecule has 2 atom stereocenters. The van der Waals surface area contributed by atoms with Crippen molar-refractivity contribution in [2.24, 2.45) is 0 Å². The Morgan fingerprint density at radius 3 is 2.03 bits per heavy atom. The number of carbonyl (C=O) groups is 3. The Kier molecular flexibility index (Phi) is 11.6. The summed E-state index contributed by atoms with van der Waals surface area (Å²) >= 11 is 0. The van der Waals surface area contributed by atoms with Gasteiger partial charge in [-0.2, -0.15) is 0 Å². The van der Waals surface area contributed by atoms with Gasteiger partial charge in [0.15, 0.2) is 0 Å². The van der Waals surface area contributed by atoms with Gasteiger partial charge in [-0.05, 0) is 67.4 Å². The fourth-order valence-corrected chi connectivity index (χ4v) is 3.87. The zero-order valence-corrected chi connectivity index (χ0v) is 22.6. The molecule has 0 spiro atoms. The predicted octanol–water partition coefficient (Wildman–Crippen LogP) is 5.19. The van der Waals surface area contributed by atoms with E-state index in [9.17, 15) is 14.4 Å². The van der Waals surface area contributed by atoms with Crippen molar-refractivity contribution in [2.75, 3.05) is 6.54 Å². The van der Waals surface area contributed by atoms with Crippen LogP contribution in [0.1, 0.15) is 96.9 Å². The molecule has 1 aromatic carbocycles. The van der Waals surface area contributed by atoms with Gasteiger partial charge >= 0.3 is 6.09 Å². The molecule has 0 fully saturated rings. The number of benzene rings is 1. The summed E-state index contributed by atoms with van der Waals surface area (Å²) < 4.78 is 5.33. The van der Waals surface area contributed by atoms with E-state index in [0.29, 0.717) is 6.54 Å². The Bertz CT molecular complexity index is 809. The van der Waals surface area contributed by atoms with E-state index in [1.54, 1.807) is 32.6 Å². The third kappa shape index (κ3) is 10.1. The number of hydrogen-bond donors (Lipinski definition) is 2. The second-order valence-corrected chi connectivity index (χ2v) is 10.4. The lowest BCUT2D eigenvalue weighted by atomic mass is 9.98. The van der Waals surface area contributed by atoms with Crippen LogP contribution in [-0.2, 0) is 14.3 Å². The Hall–Kier alpha value is -2.57. The van der Waals surface area contributed by atoms with E-state index in [0.717, 1.165) is 42.4 Å². The molecule has 1 rings (SSSR count). The van der Waals surface area contributed by atoms with Gasteiger partial charge in [0.1, 0.15) is 17.7 Å². The normalized spacial score (nSPS) is 13.2. The fourth-order valence-electron chi connectivity index (χ4n) is 3.87. The third-order valence-electron chi connectivity index (χ3n) is 5.19. The lowest BCUT2D eigenvalue weighted by Gasteiger charge is -2.34. The van der Waals surface area contributed by atoms with Gasteiger partial charge in [0, 0.05) is 12.6 Å². The summed E-state index contributed by atoms with van der Waals surface area (Å²) in [5.41, 5.74) is 2.14. The minimum atomic E-state index is -0.846. The first kappa shape index (κ1) is 29.5. The van der Waals surface area contributed by atoms with Crippen LogP contribution in [0.2, 0.25) is 0 Å². The molecule has 0 heterocycles. The van der Waals surface area contributed by atoms with Crippen molar-refractivity contribution < 1.29 is 19.1 Å². The molecular formula is C27H45N3O4. The molecule has 0 saturated carbocycles. The van der Waals surface area contributed by atoms with Crippen molar-refractivity contribution in [3.63, 3.8) is 0 Å². The number of hydrogen-bond acceptors (Lipinski definition) is 4. The topological polar surface area (TPSA) is 87.7 Å². The summed E-state index contributed by atoms with van der Waals surface area (Å²) in [6, 6.07) is 4.24. The molecule has 1 aromatic rings. The van der Waals surface area contributed by atoms with E-state index >= 15 is 0 Å². The molecule has 3 amide bonds. The molecule has 34 heavy (non-hydrogen) atoms. The van der Waals surface area contributed by atoms with Gasteiger partial charge in [0.05, 0.1) is 0 Å². The number of unbranched alkanes of at least 4 members (excludes halogenated alkanes) is 3. The first-order chi connectivity index (χ1) is 15.7. The predicted molar refractivity (Wildman–Crippen MR) is 137 cm³/mol. The maximum absolute atomic E-state index is 13.7. The van der Waals surface area contributed by atoms with Crippen molar-refractivity contribution >= 4 is 17.9 Å². The molecule has 0 aliphatic rings. The van der Waals surface area contributed by atoms with Gasteiger partial charge in [-0.1, -0.05) is 55.5 Å². The van der Waals surface area contributed by atoms with E-state index < -0.39 is 23.8 Å². The Balaban J connectivity index is 3.35. The number of amides is 3. The number of aryl methyl sites for hydroxylation is 2. The summed E-state index contributed by atoms with van der Waals surface area (Å²) in [6.45, 7) is 17.2. The Morgan fingerprint density at radius 1 is 0.941 bits per heavy atom. The van der Waals surface area contributed by atoms with Crippen LogP contribution in [0.3, 0.4) is 0 Å². The first-order valence-corrected chi connectivity index (χ1v) is 12.4. The molecule has 2 N–H and O–H groups in total. The molecule has 192 valence electrons. The van der Waals surface area contributed by atoms with Gasteiger partial charge in [-0.15, -0.1) is 0 Å². The largest absolute Gasteiger partial charge is 0.444 e. The van der Waals surface area contributed by atoms with Crippen LogP contribution >= 0.6 is 0 Å². The summed E-state index contributed by atoms with van der Waals surface area (Å²) in [4.78, 5) is 41.0. The van der Waals surface area contributed by atoms with Gasteiger partial charge < -0.3 is 20.3 Å². The molecule has 2 unspecified atom stereocenters. The summed E-state index contributed by atoms with van der Waals surface area (Å²) in [6.07, 6.45) is 3.20. The molecule has 0 bridgehead atoms. The van der Waals surface area contributed by atoms with Crippen LogP contribution < -0.4 is 10.6 Å². The molecule has 0 saturated heterocycles. The summed E-state index contributed by atoms with van der Waals surface area (Å²) in [5, 5.41) is 5.63. The van der Waals surface area contributed by atoms with E-state index in [1.165, 1.54) is 0 Å². The van der Waals surface area contributed by atoms with E-state index in [4.69, 9.17) is 4.74 Å². The summed E-state index contributed by atoms with van der Waals surface area (Å²) in [7, 11) is 0. The van der Waals surface area contributed by atoms with Crippen LogP contribution in [0.4, 0.5) is 4.79 Å². The molecule has 0 aliphatic carbocycles. The molecule has 0 aliphatic heterocycles. The van der Waals surface area contributed by atoms with Crippen LogP contribution in [0.25, 0.3) is 0 Å². The highest BCUT2D eigenvalue weighted by Gasteiger charge is 2.34. The maximum Gasteiger partial charge on any atom is 0.408 e. The Morgan fingerprint density at radius 2 is 1.53 bits per heavy atom.